The fourth-order valence-corrected chi connectivity index (χ4v) is 2.38. The molecule has 0 saturated carbocycles. The van der Waals surface area contributed by atoms with Crippen molar-refractivity contribution in [3.63, 3.8) is 0 Å². The maximum Gasteiger partial charge on any atom is 0.328 e. The van der Waals surface area contributed by atoms with Crippen molar-refractivity contribution >= 4 is 23.8 Å². The lowest BCUT2D eigenvalue weighted by molar-refractivity contribution is -0.131. The standard InChI is InChI=1S/C14H18O4S/c1-17-7-8-19-10-12-9-11(4-6-14(15)16)3-5-13(12)18-2/h3-6,9H,7-8,10H2,1-2H3,(H,15,16)/b6-4+. The van der Waals surface area contributed by atoms with Gasteiger partial charge in [0.05, 0.1) is 13.7 Å². The van der Waals surface area contributed by atoms with E-state index in [0.717, 1.165) is 34.5 Å². The van der Waals surface area contributed by atoms with Crippen molar-refractivity contribution in [3.05, 3.63) is 35.4 Å². The Bertz CT molecular complexity index is 443. The number of methoxy groups -OCH3 is 2. The Morgan fingerprint density at radius 2 is 2.21 bits per heavy atom. The lowest BCUT2D eigenvalue weighted by Gasteiger charge is -2.09. The molecule has 104 valence electrons. The lowest BCUT2D eigenvalue weighted by Crippen LogP contribution is -1.95. The molecule has 1 aromatic rings. The Morgan fingerprint density at radius 3 is 2.84 bits per heavy atom. The molecule has 0 aliphatic carbocycles. The van der Waals surface area contributed by atoms with Gasteiger partial charge in [0.1, 0.15) is 5.75 Å². The van der Waals surface area contributed by atoms with Gasteiger partial charge in [-0.15, -0.1) is 0 Å². The number of hydrogen-bond donors (Lipinski definition) is 1. The van der Waals surface area contributed by atoms with E-state index in [0.29, 0.717) is 6.61 Å². The van der Waals surface area contributed by atoms with Gasteiger partial charge in [0.25, 0.3) is 0 Å². The summed E-state index contributed by atoms with van der Waals surface area (Å²) in [5.41, 5.74) is 1.90. The summed E-state index contributed by atoms with van der Waals surface area (Å²) in [6, 6.07) is 5.63. The fourth-order valence-electron chi connectivity index (χ4n) is 1.51. The van der Waals surface area contributed by atoms with Gasteiger partial charge in [-0.1, -0.05) is 6.07 Å². The van der Waals surface area contributed by atoms with E-state index in [1.807, 2.05) is 18.2 Å². The molecule has 0 aliphatic heterocycles. The van der Waals surface area contributed by atoms with Crippen LogP contribution in [0.25, 0.3) is 6.08 Å². The van der Waals surface area contributed by atoms with E-state index in [9.17, 15) is 4.79 Å². The highest BCUT2D eigenvalue weighted by Crippen LogP contribution is 2.25. The SMILES string of the molecule is COCCSCc1cc(/C=C/C(=O)O)ccc1OC. The topological polar surface area (TPSA) is 55.8 Å². The molecule has 0 aromatic heterocycles. The van der Waals surface area contributed by atoms with E-state index in [4.69, 9.17) is 14.6 Å². The minimum absolute atomic E-state index is 0.714. The maximum absolute atomic E-state index is 10.5. The molecule has 0 atom stereocenters. The first-order valence-corrected chi connectivity index (χ1v) is 6.97. The second-order valence-corrected chi connectivity index (χ2v) is 4.89. The maximum atomic E-state index is 10.5. The molecule has 0 radical (unpaired) electrons. The summed E-state index contributed by atoms with van der Waals surface area (Å²) in [5, 5.41) is 8.62. The number of hydrogen-bond acceptors (Lipinski definition) is 4. The van der Waals surface area contributed by atoms with E-state index in [-0.39, 0.29) is 0 Å². The molecule has 1 aromatic carbocycles. The number of carboxylic acids is 1. The third kappa shape index (κ3) is 5.81. The van der Waals surface area contributed by atoms with Gasteiger partial charge >= 0.3 is 5.97 Å². The normalized spacial score (nSPS) is 10.8. The summed E-state index contributed by atoms with van der Waals surface area (Å²) in [6.45, 7) is 0.714. The monoisotopic (exact) mass is 282 g/mol. The van der Waals surface area contributed by atoms with E-state index in [2.05, 4.69) is 0 Å². The van der Waals surface area contributed by atoms with Gasteiger partial charge in [0, 0.05) is 30.3 Å². The molecule has 0 fully saturated rings. The summed E-state index contributed by atoms with van der Waals surface area (Å²) >= 11 is 1.75. The van der Waals surface area contributed by atoms with Crippen molar-refractivity contribution in [1.29, 1.82) is 0 Å². The van der Waals surface area contributed by atoms with Crippen LogP contribution in [0.2, 0.25) is 0 Å². The number of thioether (sulfide) groups is 1. The molecule has 0 heterocycles. The highest BCUT2D eigenvalue weighted by atomic mass is 32.2. The molecule has 0 bridgehead atoms. The van der Waals surface area contributed by atoms with Crippen LogP contribution in [0.3, 0.4) is 0 Å². The van der Waals surface area contributed by atoms with E-state index in [1.54, 1.807) is 32.1 Å². The molecule has 5 heteroatoms. The van der Waals surface area contributed by atoms with Gasteiger partial charge in [0.15, 0.2) is 0 Å². The van der Waals surface area contributed by atoms with Crippen LogP contribution in [0.15, 0.2) is 24.3 Å². The molecular weight excluding hydrogens is 264 g/mol. The molecule has 0 unspecified atom stereocenters. The van der Waals surface area contributed by atoms with Crippen LogP contribution in [-0.2, 0) is 15.3 Å². The van der Waals surface area contributed by atoms with E-state index in [1.165, 1.54) is 0 Å². The van der Waals surface area contributed by atoms with Gasteiger partial charge < -0.3 is 14.6 Å². The number of rotatable bonds is 8. The van der Waals surface area contributed by atoms with Gasteiger partial charge in [-0.2, -0.15) is 11.8 Å². The first-order valence-electron chi connectivity index (χ1n) is 5.82. The van der Waals surface area contributed by atoms with Crippen molar-refractivity contribution < 1.29 is 19.4 Å². The van der Waals surface area contributed by atoms with Crippen molar-refractivity contribution in [2.24, 2.45) is 0 Å². The minimum atomic E-state index is -0.952. The minimum Gasteiger partial charge on any atom is -0.496 e. The van der Waals surface area contributed by atoms with E-state index >= 15 is 0 Å². The van der Waals surface area contributed by atoms with Crippen LogP contribution in [0.4, 0.5) is 0 Å². The summed E-state index contributed by atoms with van der Waals surface area (Å²) < 4.78 is 10.3. The quantitative estimate of drug-likeness (QED) is 0.587. The van der Waals surface area contributed by atoms with Crippen molar-refractivity contribution in [2.75, 3.05) is 26.6 Å². The predicted octanol–water partition coefficient (Wildman–Crippen LogP) is 2.67. The zero-order valence-electron chi connectivity index (χ0n) is 11.1. The van der Waals surface area contributed by atoms with Crippen LogP contribution in [-0.4, -0.2) is 37.7 Å². The zero-order chi connectivity index (χ0) is 14.1. The summed E-state index contributed by atoms with van der Waals surface area (Å²) in [4.78, 5) is 10.5. The highest BCUT2D eigenvalue weighted by molar-refractivity contribution is 7.98. The zero-order valence-corrected chi connectivity index (χ0v) is 11.9. The smallest absolute Gasteiger partial charge is 0.328 e. The number of aliphatic carboxylic acids is 1. The Labute approximate surface area is 117 Å². The first kappa shape index (κ1) is 15.6. The molecule has 4 nitrogen and oxygen atoms in total. The number of carboxylic acid groups (broad SMARTS) is 1. The Kier molecular flexibility index (Phi) is 7.07. The second kappa shape index (κ2) is 8.61. The van der Waals surface area contributed by atoms with Gasteiger partial charge in [-0.3, -0.25) is 0 Å². The summed E-state index contributed by atoms with van der Waals surface area (Å²) in [6.07, 6.45) is 2.70. The number of ether oxygens (including phenoxy) is 2. The molecule has 1 N–H and O–H groups in total. The van der Waals surface area contributed by atoms with Gasteiger partial charge in [0.2, 0.25) is 0 Å². The van der Waals surface area contributed by atoms with Crippen molar-refractivity contribution in [1.82, 2.24) is 0 Å². The average molecular weight is 282 g/mol. The predicted molar refractivity (Wildman–Crippen MR) is 77.7 cm³/mol. The third-order valence-electron chi connectivity index (χ3n) is 2.41. The second-order valence-electron chi connectivity index (χ2n) is 3.79. The average Bonchev–Trinajstić information content (AvgIpc) is 2.41. The van der Waals surface area contributed by atoms with Crippen LogP contribution >= 0.6 is 11.8 Å². The van der Waals surface area contributed by atoms with Crippen LogP contribution < -0.4 is 4.74 Å². The molecule has 0 saturated heterocycles. The Morgan fingerprint density at radius 1 is 1.42 bits per heavy atom. The summed E-state index contributed by atoms with van der Waals surface area (Å²) in [7, 11) is 3.31. The molecule has 0 amide bonds. The molecule has 0 aliphatic rings. The van der Waals surface area contributed by atoms with Gasteiger partial charge in [-0.05, 0) is 23.8 Å². The van der Waals surface area contributed by atoms with Gasteiger partial charge in [-0.25, -0.2) is 4.79 Å². The number of carbonyl (C=O) groups is 1. The molecule has 19 heavy (non-hydrogen) atoms. The Hall–Kier alpha value is -1.46. The van der Waals surface area contributed by atoms with E-state index < -0.39 is 5.97 Å². The molecular formula is C14H18O4S. The lowest BCUT2D eigenvalue weighted by atomic mass is 10.1. The van der Waals surface area contributed by atoms with Crippen molar-refractivity contribution in [3.8, 4) is 5.75 Å². The van der Waals surface area contributed by atoms with Crippen molar-refractivity contribution in [2.45, 2.75) is 5.75 Å². The van der Waals surface area contributed by atoms with Crippen LogP contribution in [0.1, 0.15) is 11.1 Å². The first-order chi connectivity index (χ1) is 9.17. The molecule has 1 rings (SSSR count). The Balaban J connectivity index is 2.75. The molecule has 0 spiro atoms. The third-order valence-corrected chi connectivity index (χ3v) is 3.38. The highest BCUT2D eigenvalue weighted by Gasteiger charge is 2.04. The van der Waals surface area contributed by atoms with Crippen LogP contribution in [0.5, 0.6) is 5.75 Å². The number of benzene rings is 1. The summed E-state index contributed by atoms with van der Waals surface area (Å²) in [5.74, 6) is 1.58. The van der Waals surface area contributed by atoms with Crippen LogP contribution in [0, 0.1) is 0 Å². The largest absolute Gasteiger partial charge is 0.496 e. The fraction of sp³-hybridized carbons (Fsp3) is 0.357.